The first-order chi connectivity index (χ1) is 13.5. The number of carbonyl (C=O) groups excluding carboxylic acids is 1. The van der Waals surface area contributed by atoms with Crippen molar-refractivity contribution < 1.29 is 4.79 Å². The molecule has 3 N–H and O–H groups in total. The van der Waals surface area contributed by atoms with Crippen LogP contribution < -0.4 is 11.1 Å². The lowest BCUT2D eigenvalue weighted by molar-refractivity contribution is -0.0810. The third-order valence-electron chi connectivity index (χ3n) is 6.85. The number of nitrogens with zero attached hydrogens (tertiary/aromatic N) is 5. The molecular formula is C19H21N7OS. The minimum Gasteiger partial charge on any atom is -0.375 e. The van der Waals surface area contributed by atoms with Crippen LogP contribution in [0.4, 0.5) is 5.13 Å². The summed E-state index contributed by atoms with van der Waals surface area (Å²) in [5, 5.41) is 16.5. The highest BCUT2D eigenvalue weighted by Gasteiger charge is 2.60. The van der Waals surface area contributed by atoms with Crippen LogP contribution in [-0.4, -0.2) is 36.6 Å². The molecule has 4 saturated carbocycles. The average molecular weight is 395 g/mol. The predicted octanol–water partition coefficient (Wildman–Crippen LogP) is 2.34. The van der Waals surface area contributed by atoms with Gasteiger partial charge in [-0.05, 0) is 73.8 Å². The predicted molar refractivity (Wildman–Crippen MR) is 105 cm³/mol. The first-order valence-electron chi connectivity index (χ1n) is 9.75. The van der Waals surface area contributed by atoms with Crippen LogP contribution in [0.3, 0.4) is 0 Å². The first-order valence-corrected chi connectivity index (χ1v) is 10.6. The monoisotopic (exact) mass is 395 g/mol. The molecule has 0 radical (unpaired) electrons. The lowest BCUT2D eigenvalue weighted by Gasteiger charge is -2.61. The second-order valence-corrected chi connectivity index (χ2v) is 9.94. The fourth-order valence-corrected chi connectivity index (χ4v) is 7.09. The molecule has 1 amide bonds. The van der Waals surface area contributed by atoms with E-state index in [2.05, 4.69) is 25.7 Å². The number of hydrogen-bond donors (Lipinski definition) is 2. The maximum absolute atomic E-state index is 13.2. The van der Waals surface area contributed by atoms with Crippen LogP contribution in [-0.2, 0) is 5.54 Å². The molecule has 4 bridgehead atoms. The Bertz CT molecular complexity index is 1060. The molecule has 144 valence electrons. The van der Waals surface area contributed by atoms with E-state index in [1.54, 1.807) is 0 Å². The summed E-state index contributed by atoms with van der Waals surface area (Å²) >= 11 is 1.44. The molecule has 7 rings (SSSR count). The van der Waals surface area contributed by atoms with Gasteiger partial charge in [0, 0.05) is 11.1 Å². The summed E-state index contributed by atoms with van der Waals surface area (Å²) in [7, 11) is 0. The molecule has 2 aromatic heterocycles. The molecule has 8 nitrogen and oxygen atoms in total. The van der Waals surface area contributed by atoms with E-state index in [-0.39, 0.29) is 17.0 Å². The van der Waals surface area contributed by atoms with Gasteiger partial charge in [0.2, 0.25) is 0 Å². The molecule has 3 aromatic rings. The number of nitrogens with one attached hydrogen (secondary N) is 1. The molecule has 9 heteroatoms. The summed E-state index contributed by atoms with van der Waals surface area (Å²) in [6, 6.07) is 5.64. The van der Waals surface area contributed by atoms with Gasteiger partial charge in [0.15, 0.2) is 11.5 Å². The van der Waals surface area contributed by atoms with Crippen LogP contribution >= 0.6 is 11.3 Å². The van der Waals surface area contributed by atoms with Gasteiger partial charge < -0.3 is 11.1 Å². The van der Waals surface area contributed by atoms with Crippen molar-refractivity contribution in [1.82, 2.24) is 30.5 Å². The van der Waals surface area contributed by atoms with E-state index in [0.717, 1.165) is 42.3 Å². The number of nitrogen functional groups attached to an aromatic ring is 1. The Balaban J connectivity index is 1.32. The van der Waals surface area contributed by atoms with Crippen LogP contribution in [0.25, 0.3) is 10.2 Å². The quantitative estimate of drug-likeness (QED) is 0.704. The van der Waals surface area contributed by atoms with Crippen molar-refractivity contribution in [2.45, 2.75) is 49.6 Å². The van der Waals surface area contributed by atoms with Gasteiger partial charge in [0.25, 0.3) is 5.91 Å². The van der Waals surface area contributed by atoms with Gasteiger partial charge >= 0.3 is 0 Å². The Morgan fingerprint density at radius 3 is 2.82 bits per heavy atom. The molecule has 1 aromatic carbocycles. The smallest absolute Gasteiger partial charge is 0.251 e. The molecule has 4 fully saturated rings. The highest BCUT2D eigenvalue weighted by molar-refractivity contribution is 7.22. The molecule has 4 aliphatic rings. The maximum atomic E-state index is 13.2. The minimum absolute atomic E-state index is 0.0304. The van der Waals surface area contributed by atoms with E-state index in [4.69, 9.17) is 5.73 Å². The zero-order chi connectivity index (χ0) is 18.9. The van der Waals surface area contributed by atoms with Crippen molar-refractivity contribution in [1.29, 1.82) is 0 Å². The van der Waals surface area contributed by atoms with Crippen LogP contribution in [0, 0.1) is 11.8 Å². The number of benzene rings is 1. The number of thiazole rings is 1. The van der Waals surface area contributed by atoms with Crippen molar-refractivity contribution in [2.75, 3.05) is 5.73 Å². The molecule has 0 spiro atoms. The van der Waals surface area contributed by atoms with Crippen molar-refractivity contribution >= 4 is 32.6 Å². The molecule has 28 heavy (non-hydrogen) atoms. The number of anilines is 1. The highest BCUT2D eigenvalue weighted by atomic mass is 32.1. The molecule has 0 aliphatic heterocycles. The fraction of sp³-hybridized carbons (Fsp3) is 0.526. The molecule has 2 heterocycles. The number of amides is 1. The zero-order valence-electron chi connectivity index (χ0n) is 15.3. The third-order valence-corrected chi connectivity index (χ3v) is 7.71. The standard InChI is InChI=1S/C19H21N7OS/c20-17-23-14-4-13(1-2-15(14)28-17)16(27)24-18-5-11-3-12(6-18)8-19(7-11,9-18)26-22-10-21-25-26/h1-2,4,10-12H,3,5-9H2,(H2,20,23)(H,24,27). The normalized spacial score (nSPS) is 33.4. The number of aromatic nitrogens is 5. The number of rotatable bonds is 3. The Hall–Kier alpha value is -2.55. The number of fused-ring (bicyclic) bond motifs is 1. The van der Waals surface area contributed by atoms with Crippen molar-refractivity contribution in [3.63, 3.8) is 0 Å². The fourth-order valence-electron chi connectivity index (χ4n) is 6.38. The van der Waals surface area contributed by atoms with E-state index in [1.807, 2.05) is 23.0 Å². The highest BCUT2D eigenvalue weighted by Crippen LogP contribution is 2.60. The number of tetrazole rings is 1. The van der Waals surface area contributed by atoms with E-state index in [0.29, 0.717) is 22.5 Å². The summed E-state index contributed by atoms with van der Waals surface area (Å²) in [5.74, 6) is 1.18. The van der Waals surface area contributed by atoms with E-state index >= 15 is 0 Å². The first kappa shape index (κ1) is 16.4. The Labute approximate surface area is 165 Å². The number of nitrogens with two attached hydrogens (primary N) is 1. The Kier molecular flexibility index (Phi) is 3.22. The van der Waals surface area contributed by atoms with Gasteiger partial charge in [0.05, 0.1) is 15.8 Å². The lowest BCUT2D eigenvalue weighted by atomic mass is 9.50. The number of carbonyl (C=O) groups is 1. The van der Waals surface area contributed by atoms with E-state index in [1.165, 1.54) is 24.1 Å². The molecule has 0 saturated heterocycles. The molecule has 4 aliphatic carbocycles. The second-order valence-electron chi connectivity index (χ2n) is 8.88. The van der Waals surface area contributed by atoms with Crippen LogP contribution in [0.15, 0.2) is 24.5 Å². The minimum atomic E-state index is -0.190. The van der Waals surface area contributed by atoms with E-state index < -0.39 is 0 Å². The van der Waals surface area contributed by atoms with Gasteiger partial charge in [-0.15, -0.1) is 10.2 Å². The summed E-state index contributed by atoms with van der Waals surface area (Å²) in [5.41, 5.74) is 6.92. The average Bonchev–Trinajstić information content (AvgIpc) is 3.28. The van der Waals surface area contributed by atoms with Gasteiger partial charge in [0.1, 0.15) is 0 Å². The molecule has 2 unspecified atom stereocenters. The maximum Gasteiger partial charge on any atom is 0.251 e. The van der Waals surface area contributed by atoms with E-state index in [9.17, 15) is 4.79 Å². The Morgan fingerprint density at radius 2 is 2.07 bits per heavy atom. The summed E-state index contributed by atoms with van der Waals surface area (Å²) in [4.78, 5) is 19.3. The van der Waals surface area contributed by atoms with Crippen LogP contribution in [0.1, 0.15) is 48.9 Å². The van der Waals surface area contributed by atoms with Gasteiger partial charge in [-0.2, -0.15) is 4.80 Å². The lowest BCUT2D eigenvalue weighted by Crippen LogP contribution is -2.66. The number of hydrogen-bond acceptors (Lipinski definition) is 7. The second kappa shape index (κ2) is 5.50. The largest absolute Gasteiger partial charge is 0.375 e. The topological polar surface area (TPSA) is 112 Å². The van der Waals surface area contributed by atoms with Crippen LogP contribution in [0.2, 0.25) is 0 Å². The van der Waals surface area contributed by atoms with Crippen LogP contribution in [0.5, 0.6) is 0 Å². The third kappa shape index (κ3) is 2.38. The molecular weight excluding hydrogens is 374 g/mol. The summed E-state index contributed by atoms with van der Waals surface area (Å²) in [6.45, 7) is 0. The summed E-state index contributed by atoms with van der Waals surface area (Å²) < 4.78 is 1.00. The zero-order valence-corrected chi connectivity index (χ0v) is 16.2. The van der Waals surface area contributed by atoms with Crippen molar-refractivity contribution in [2.24, 2.45) is 11.8 Å². The summed E-state index contributed by atoms with van der Waals surface area (Å²) in [6.07, 6.45) is 7.88. The Morgan fingerprint density at radius 1 is 1.25 bits per heavy atom. The van der Waals surface area contributed by atoms with Gasteiger partial charge in [-0.25, -0.2) is 4.98 Å². The van der Waals surface area contributed by atoms with Gasteiger partial charge in [-0.1, -0.05) is 11.3 Å². The van der Waals surface area contributed by atoms with Gasteiger partial charge in [-0.3, -0.25) is 4.79 Å². The SMILES string of the molecule is Nc1nc2cc(C(=O)NC34CC5CC(C3)CC(n3ncnn3)(C5)C4)ccc2s1. The van der Waals surface area contributed by atoms with Crippen molar-refractivity contribution in [3.05, 3.63) is 30.1 Å². The van der Waals surface area contributed by atoms with Crippen molar-refractivity contribution in [3.8, 4) is 0 Å². The molecule has 2 atom stereocenters.